The predicted octanol–water partition coefficient (Wildman–Crippen LogP) is 2.61. The molecule has 1 amide bonds. The Bertz CT molecular complexity index is 1350. The molecule has 1 aliphatic rings. The van der Waals surface area contributed by atoms with Crippen LogP contribution in [0.5, 0.6) is 0 Å². The Morgan fingerprint density at radius 2 is 2.21 bits per heavy atom. The van der Waals surface area contributed by atoms with Gasteiger partial charge in [0.25, 0.3) is 5.91 Å². The van der Waals surface area contributed by atoms with Crippen LogP contribution in [0.4, 0.5) is 5.13 Å². The topological polar surface area (TPSA) is 102 Å². The lowest BCUT2D eigenvalue weighted by Gasteiger charge is -2.16. The van der Waals surface area contributed by atoms with Crippen molar-refractivity contribution in [2.75, 3.05) is 19.0 Å². The maximum absolute atomic E-state index is 11.8. The summed E-state index contributed by atoms with van der Waals surface area (Å²) in [6.07, 6.45) is 5.09. The number of ether oxygens (including phenoxy) is 1. The summed E-state index contributed by atoms with van der Waals surface area (Å²) in [6, 6.07) is 10.2. The first-order valence-electron chi connectivity index (χ1n) is 11.0. The van der Waals surface area contributed by atoms with Crippen molar-refractivity contribution >= 4 is 35.1 Å². The number of fused-ring (bicyclic) bond motifs is 3. The highest BCUT2D eigenvalue weighted by atomic mass is 32.1. The van der Waals surface area contributed by atoms with E-state index in [0.29, 0.717) is 11.7 Å². The van der Waals surface area contributed by atoms with E-state index in [4.69, 9.17) is 14.9 Å². The van der Waals surface area contributed by atoms with Crippen LogP contribution in [0.2, 0.25) is 6.82 Å². The molecule has 0 saturated heterocycles. The highest BCUT2D eigenvalue weighted by molar-refractivity contribution is 7.19. The fourth-order valence-corrected chi connectivity index (χ4v) is 5.35. The number of hydrogen-bond donors (Lipinski definition) is 2. The van der Waals surface area contributed by atoms with Gasteiger partial charge in [0.2, 0.25) is 0 Å². The maximum atomic E-state index is 11.8. The highest BCUT2D eigenvalue weighted by Gasteiger charge is 2.30. The predicted molar refractivity (Wildman–Crippen MR) is 133 cm³/mol. The molecule has 0 saturated carbocycles. The molecule has 1 aromatic carbocycles. The number of anilines is 1. The first-order valence-corrected chi connectivity index (χ1v) is 11.8. The van der Waals surface area contributed by atoms with E-state index in [1.165, 1.54) is 11.3 Å². The van der Waals surface area contributed by atoms with Crippen molar-refractivity contribution < 1.29 is 14.6 Å². The number of pyridine rings is 1. The minimum absolute atomic E-state index is 0.475. The number of aliphatic hydroxyl groups excluding tert-OH is 1. The molecule has 0 aliphatic heterocycles. The number of nitrogens with zero attached hydrogens (tertiary/aromatic N) is 4. The van der Waals surface area contributed by atoms with Crippen LogP contribution in [0, 0.1) is 0 Å². The standard InChI is InChI=1S/C24H23BN5O3S/c1-25-17-7-5-14(13-33-2)10-19(17)30-22-16(21(29-30)15-4-3-9-26-11-15)6-8-18-23(22)34-24(27-18)28-20(32)12-31/h3-5,7,9-11,31H,6,8,12-13H2,1-2H3,(H,27,28,32). The highest BCUT2D eigenvalue weighted by Crippen LogP contribution is 2.43. The molecule has 0 bridgehead atoms. The van der Waals surface area contributed by atoms with Gasteiger partial charge in [-0.2, -0.15) is 5.10 Å². The van der Waals surface area contributed by atoms with Crippen LogP contribution < -0.4 is 10.8 Å². The Morgan fingerprint density at radius 3 is 2.94 bits per heavy atom. The van der Waals surface area contributed by atoms with Crippen LogP contribution in [0.1, 0.15) is 16.8 Å². The van der Waals surface area contributed by atoms with Gasteiger partial charge in [-0.05, 0) is 36.6 Å². The van der Waals surface area contributed by atoms with Crippen molar-refractivity contribution in [3.8, 4) is 27.5 Å². The zero-order valence-corrected chi connectivity index (χ0v) is 19.7. The van der Waals surface area contributed by atoms with Gasteiger partial charge in [-0.25, -0.2) is 9.67 Å². The van der Waals surface area contributed by atoms with E-state index < -0.39 is 12.5 Å². The quantitative estimate of drug-likeness (QED) is 0.401. The van der Waals surface area contributed by atoms with Crippen LogP contribution in [-0.4, -0.2) is 51.8 Å². The molecule has 2 N–H and O–H groups in total. The molecular weight excluding hydrogens is 449 g/mol. The molecular formula is C24H23BN5O3S. The van der Waals surface area contributed by atoms with Crippen molar-refractivity contribution in [1.82, 2.24) is 19.7 Å². The number of aromatic nitrogens is 4. The van der Waals surface area contributed by atoms with E-state index in [9.17, 15) is 4.79 Å². The van der Waals surface area contributed by atoms with Gasteiger partial charge in [-0.3, -0.25) is 15.1 Å². The molecule has 0 unspecified atom stereocenters. The molecule has 3 aromatic heterocycles. The zero-order chi connectivity index (χ0) is 23.7. The first-order chi connectivity index (χ1) is 16.6. The lowest BCUT2D eigenvalue weighted by Crippen LogP contribution is -2.20. The minimum atomic E-state index is -0.583. The Labute approximate surface area is 201 Å². The van der Waals surface area contributed by atoms with Crippen molar-refractivity contribution in [3.05, 3.63) is 59.5 Å². The van der Waals surface area contributed by atoms with E-state index in [0.717, 1.165) is 62.6 Å². The van der Waals surface area contributed by atoms with E-state index in [1.54, 1.807) is 13.3 Å². The second kappa shape index (κ2) is 9.50. The van der Waals surface area contributed by atoms with Crippen LogP contribution in [0.3, 0.4) is 0 Å². The summed E-state index contributed by atoms with van der Waals surface area (Å²) in [7, 11) is 3.74. The number of rotatable bonds is 7. The second-order valence-electron chi connectivity index (χ2n) is 7.95. The van der Waals surface area contributed by atoms with E-state index >= 15 is 0 Å². The Hall–Kier alpha value is -3.34. The van der Waals surface area contributed by atoms with Crippen molar-refractivity contribution in [2.24, 2.45) is 0 Å². The molecule has 3 heterocycles. The Morgan fingerprint density at radius 1 is 1.32 bits per heavy atom. The molecule has 0 atom stereocenters. The summed E-state index contributed by atoms with van der Waals surface area (Å²) < 4.78 is 7.36. The summed E-state index contributed by atoms with van der Waals surface area (Å²) in [5.74, 6) is -0.481. The van der Waals surface area contributed by atoms with Gasteiger partial charge < -0.3 is 9.84 Å². The van der Waals surface area contributed by atoms with Crippen molar-refractivity contribution in [2.45, 2.75) is 26.3 Å². The number of methoxy groups -OCH3 is 1. The number of amides is 1. The Kier molecular flexibility index (Phi) is 6.27. The Balaban J connectivity index is 1.74. The SMILES string of the molecule is C[B]c1ccc(COC)cc1-n1nc(-c2cccnc2)c2c1-c1sc(NC(=O)CO)nc1CC2. The van der Waals surface area contributed by atoms with E-state index in [1.807, 2.05) is 29.8 Å². The minimum Gasteiger partial charge on any atom is -0.387 e. The van der Waals surface area contributed by atoms with Gasteiger partial charge in [0.1, 0.15) is 6.61 Å². The van der Waals surface area contributed by atoms with E-state index in [2.05, 4.69) is 40.8 Å². The average Bonchev–Trinajstić information content (AvgIpc) is 3.45. The number of aliphatic hydroxyl groups is 1. The monoisotopic (exact) mass is 472 g/mol. The number of benzene rings is 1. The number of nitrogens with one attached hydrogen (secondary N) is 1. The number of carbonyl (C=O) groups is 1. The van der Waals surface area contributed by atoms with Crippen LogP contribution in [0.15, 0.2) is 42.7 Å². The summed E-state index contributed by atoms with van der Waals surface area (Å²) in [4.78, 5) is 21.7. The molecule has 5 rings (SSSR count). The van der Waals surface area contributed by atoms with Gasteiger partial charge in [0.15, 0.2) is 12.4 Å². The third kappa shape index (κ3) is 4.04. The van der Waals surface area contributed by atoms with Gasteiger partial charge in [0.05, 0.1) is 34.3 Å². The fraction of sp³-hybridized carbons (Fsp3) is 0.250. The maximum Gasteiger partial charge on any atom is 0.251 e. The van der Waals surface area contributed by atoms with Crippen LogP contribution >= 0.6 is 11.3 Å². The largest absolute Gasteiger partial charge is 0.387 e. The summed E-state index contributed by atoms with van der Waals surface area (Å²) in [6.45, 7) is 1.92. The summed E-state index contributed by atoms with van der Waals surface area (Å²) in [5, 5.41) is 17.4. The van der Waals surface area contributed by atoms with Gasteiger partial charge in [-0.1, -0.05) is 35.8 Å². The molecule has 1 radical (unpaired) electrons. The van der Waals surface area contributed by atoms with Gasteiger partial charge >= 0.3 is 0 Å². The zero-order valence-electron chi connectivity index (χ0n) is 18.9. The van der Waals surface area contributed by atoms with Crippen LogP contribution in [-0.2, 0) is 29.0 Å². The number of thiazole rings is 1. The fourth-order valence-electron chi connectivity index (χ4n) is 4.26. The van der Waals surface area contributed by atoms with E-state index in [-0.39, 0.29) is 0 Å². The average molecular weight is 472 g/mol. The summed E-state index contributed by atoms with van der Waals surface area (Å²) in [5.41, 5.74) is 7.91. The molecule has 0 fully saturated rings. The molecule has 10 heteroatoms. The smallest absolute Gasteiger partial charge is 0.251 e. The van der Waals surface area contributed by atoms with Crippen molar-refractivity contribution in [1.29, 1.82) is 0 Å². The number of hydrogen-bond acceptors (Lipinski definition) is 7. The third-order valence-corrected chi connectivity index (χ3v) is 6.80. The lowest BCUT2D eigenvalue weighted by molar-refractivity contribution is -0.118. The molecule has 171 valence electrons. The molecule has 4 aromatic rings. The van der Waals surface area contributed by atoms with Crippen LogP contribution in [0.25, 0.3) is 27.5 Å². The molecule has 0 spiro atoms. The molecule has 1 aliphatic carbocycles. The lowest BCUT2D eigenvalue weighted by atomic mass is 9.72. The van der Waals surface area contributed by atoms with Gasteiger partial charge in [0, 0.05) is 30.6 Å². The van der Waals surface area contributed by atoms with Gasteiger partial charge in [-0.15, -0.1) is 0 Å². The summed E-state index contributed by atoms with van der Waals surface area (Å²) >= 11 is 1.40. The second-order valence-corrected chi connectivity index (χ2v) is 8.94. The third-order valence-electron chi connectivity index (χ3n) is 5.78. The number of aryl methyl sites for hydroxylation is 1. The normalized spacial score (nSPS) is 12.2. The molecule has 8 nitrogen and oxygen atoms in total. The van der Waals surface area contributed by atoms with Crippen molar-refractivity contribution in [3.63, 3.8) is 0 Å². The number of carbonyl (C=O) groups excluding carboxylic acids is 1. The molecule has 34 heavy (non-hydrogen) atoms. The first kappa shape index (κ1) is 22.5.